The highest BCUT2D eigenvalue weighted by Gasteiger charge is 2.09. The zero-order valence-corrected chi connectivity index (χ0v) is 12.0. The number of carbonyl (C=O) groups is 1. The van der Waals surface area contributed by atoms with Crippen LogP contribution in [0.2, 0.25) is 5.02 Å². The highest BCUT2D eigenvalue weighted by Crippen LogP contribution is 2.24. The highest BCUT2D eigenvalue weighted by atomic mass is 79.9. The van der Waals surface area contributed by atoms with E-state index in [-0.39, 0.29) is 5.91 Å². The summed E-state index contributed by atoms with van der Waals surface area (Å²) in [6, 6.07) is 5.22. The third kappa shape index (κ3) is 3.28. The largest absolute Gasteiger partial charge is 0.298 e. The first-order valence-corrected chi connectivity index (χ1v) is 6.73. The second-order valence-corrected chi connectivity index (χ2v) is 6.29. The number of nitrogens with one attached hydrogen (secondary N) is 1. The van der Waals surface area contributed by atoms with Crippen LogP contribution in [-0.4, -0.2) is 10.9 Å². The Morgan fingerprint density at radius 1 is 1.47 bits per heavy atom. The van der Waals surface area contributed by atoms with E-state index < -0.39 is 0 Å². The first-order valence-electron chi connectivity index (χ1n) is 4.74. The molecular weight excluding hydrogens is 324 g/mol. The molecule has 6 heteroatoms. The molecule has 2 rings (SSSR count). The number of aromatic nitrogens is 1. The molecule has 1 aromatic carbocycles. The zero-order valence-electron chi connectivity index (χ0n) is 8.83. The molecular formula is C11H8BrClN2OS. The van der Waals surface area contributed by atoms with Crippen LogP contribution in [0.3, 0.4) is 0 Å². The number of aryl methyl sites for hydroxylation is 1. The van der Waals surface area contributed by atoms with Gasteiger partial charge in [0.25, 0.3) is 5.91 Å². The van der Waals surface area contributed by atoms with Crippen LogP contribution < -0.4 is 5.32 Å². The third-order valence-electron chi connectivity index (χ3n) is 2.00. The van der Waals surface area contributed by atoms with Gasteiger partial charge in [0.1, 0.15) is 0 Å². The fraction of sp³-hybridized carbons (Fsp3) is 0.0909. The van der Waals surface area contributed by atoms with E-state index in [9.17, 15) is 4.79 Å². The normalized spacial score (nSPS) is 10.3. The molecule has 1 N–H and O–H groups in total. The number of halogens is 2. The Hall–Kier alpha value is -0.910. The Morgan fingerprint density at radius 3 is 2.82 bits per heavy atom. The molecule has 0 radical (unpaired) electrons. The average Bonchev–Trinajstić information content (AvgIpc) is 2.62. The molecule has 1 amide bonds. The molecule has 2 aromatic rings. The Bertz CT molecular complexity index is 550. The molecule has 3 nitrogen and oxygen atoms in total. The van der Waals surface area contributed by atoms with Gasteiger partial charge in [-0.05, 0) is 46.6 Å². The minimum absolute atomic E-state index is 0.211. The first kappa shape index (κ1) is 12.5. The summed E-state index contributed by atoms with van der Waals surface area (Å²) in [4.78, 5) is 15.9. The van der Waals surface area contributed by atoms with Crippen LogP contribution in [0, 0.1) is 6.92 Å². The van der Waals surface area contributed by atoms with Crippen molar-refractivity contribution >= 4 is 49.9 Å². The van der Waals surface area contributed by atoms with Crippen LogP contribution in [0.4, 0.5) is 5.13 Å². The predicted octanol–water partition coefficient (Wildman–Crippen LogP) is 4.12. The van der Waals surface area contributed by atoms with Gasteiger partial charge in [-0.15, -0.1) is 0 Å². The van der Waals surface area contributed by atoms with E-state index >= 15 is 0 Å². The summed E-state index contributed by atoms with van der Waals surface area (Å²) in [5.74, 6) is -0.211. The summed E-state index contributed by atoms with van der Waals surface area (Å²) in [5.41, 5.74) is 1.48. The lowest BCUT2D eigenvalue weighted by Gasteiger charge is -2.03. The quantitative estimate of drug-likeness (QED) is 0.899. The van der Waals surface area contributed by atoms with Crippen LogP contribution in [0.25, 0.3) is 0 Å². The van der Waals surface area contributed by atoms with E-state index in [2.05, 4.69) is 26.2 Å². The van der Waals surface area contributed by atoms with E-state index in [1.54, 1.807) is 24.4 Å². The van der Waals surface area contributed by atoms with Gasteiger partial charge in [-0.1, -0.05) is 22.9 Å². The number of rotatable bonds is 2. The van der Waals surface area contributed by atoms with Gasteiger partial charge in [0.05, 0.1) is 9.98 Å². The van der Waals surface area contributed by atoms with Crippen molar-refractivity contribution < 1.29 is 4.79 Å². The van der Waals surface area contributed by atoms with Crippen molar-refractivity contribution in [2.45, 2.75) is 6.92 Å². The van der Waals surface area contributed by atoms with Gasteiger partial charge in [0, 0.05) is 10.6 Å². The lowest BCUT2D eigenvalue weighted by molar-refractivity contribution is 0.102. The molecule has 0 aliphatic carbocycles. The van der Waals surface area contributed by atoms with Crippen molar-refractivity contribution in [3.8, 4) is 0 Å². The molecule has 0 fully saturated rings. The number of nitrogens with zero attached hydrogens (tertiary/aromatic N) is 1. The SMILES string of the molecule is Cc1cc(Cl)cc(C(=O)Nc2ncc(Br)s2)c1. The van der Waals surface area contributed by atoms with Gasteiger partial charge in [-0.2, -0.15) is 0 Å². The number of carbonyl (C=O) groups excluding carboxylic acids is 1. The third-order valence-corrected chi connectivity index (χ3v) is 3.61. The second kappa shape index (κ2) is 5.16. The average molecular weight is 332 g/mol. The van der Waals surface area contributed by atoms with E-state index in [0.29, 0.717) is 15.7 Å². The minimum atomic E-state index is -0.211. The molecule has 0 spiro atoms. The summed E-state index contributed by atoms with van der Waals surface area (Å²) in [6.45, 7) is 1.89. The van der Waals surface area contributed by atoms with Crippen LogP contribution in [0.1, 0.15) is 15.9 Å². The number of amides is 1. The van der Waals surface area contributed by atoms with Gasteiger partial charge in [0.15, 0.2) is 5.13 Å². The van der Waals surface area contributed by atoms with Crippen LogP contribution in [0.5, 0.6) is 0 Å². The standard InChI is InChI=1S/C11H8BrClN2OS/c1-6-2-7(4-8(13)3-6)10(16)15-11-14-5-9(12)17-11/h2-5H,1H3,(H,14,15,16). The fourth-order valence-electron chi connectivity index (χ4n) is 1.35. The smallest absolute Gasteiger partial charge is 0.257 e. The molecule has 0 saturated heterocycles. The van der Waals surface area contributed by atoms with Crippen molar-refractivity contribution in [3.63, 3.8) is 0 Å². The zero-order chi connectivity index (χ0) is 12.4. The Balaban J connectivity index is 2.19. The van der Waals surface area contributed by atoms with Crippen molar-refractivity contribution in [2.75, 3.05) is 5.32 Å². The first-order chi connectivity index (χ1) is 8.04. The number of hydrogen-bond acceptors (Lipinski definition) is 3. The summed E-state index contributed by atoms with van der Waals surface area (Å²) >= 11 is 10.5. The molecule has 1 aromatic heterocycles. The molecule has 0 aliphatic heterocycles. The van der Waals surface area contributed by atoms with E-state index in [0.717, 1.165) is 9.35 Å². The van der Waals surface area contributed by atoms with Crippen LogP contribution >= 0.6 is 38.9 Å². The van der Waals surface area contributed by atoms with Crippen LogP contribution in [0.15, 0.2) is 28.2 Å². The minimum Gasteiger partial charge on any atom is -0.298 e. The number of hydrogen-bond donors (Lipinski definition) is 1. The summed E-state index contributed by atoms with van der Waals surface area (Å²) in [6.07, 6.45) is 1.64. The number of anilines is 1. The maximum absolute atomic E-state index is 11.9. The lowest BCUT2D eigenvalue weighted by Crippen LogP contribution is -2.11. The van der Waals surface area contributed by atoms with Crippen molar-refractivity contribution in [3.05, 3.63) is 44.3 Å². The van der Waals surface area contributed by atoms with E-state index in [1.807, 2.05) is 6.92 Å². The van der Waals surface area contributed by atoms with Crippen LogP contribution in [-0.2, 0) is 0 Å². The molecule has 0 aliphatic rings. The second-order valence-electron chi connectivity index (χ2n) is 3.44. The Labute approximate surface area is 116 Å². The molecule has 0 atom stereocenters. The van der Waals surface area contributed by atoms with Gasteiger partial charge in [-0.25, -0.2) is 4.98 Å². The van der Waals surface area contributed by atoms with Crippen molar-refractivity contribution in [1.82, 2.24) is 4.98 Å². The molecule has 1 heterocycles. The van der Waals surface area contributed by atoms with E-state index in [1.165, 1.54) is 11.3 Å². The van der Waals surface area contributed by atoms with Crippen molar-refractivity contribution in [1.29, 1.82) is 0 Å². The molecule has 0 unspecified atom stereocenters. The molecule has 88 valence electrons. The fourth-order valence-corrected chi connectivity index (χ4v) is 2.74. The van der Waals surface area contributed by atoms with Gasteiger partial charge in [-0.3, -0.25) is 10.1 Å². The van der Waals surface area contributed by atoms with E-state index in [4.69, 9.17) is 11.6 Å². The summed E-state index contributed by atoms with van der Waals surface area (Å²) in [5, 5.41) is 3.82. The number of thiazole rings is 1. The Morgan fingerprint density at radius 2 is 2.24 bits per heavy atom. The Kier molecular flexibility index (Phi) is 3.81. The maximum Gasteiger partial charge on any atom is 0.257 e. The monoisotopic (exact) mass is 330 g/mol. The maximum atomic E-state index is 11.9. The molecule has 17 heavy (non-hydrogen) atoms. The predicted molar refractivity (Wildman–Crippen MR) is 74.0 cm³/mol. The topological polar surface area (TPSA) is 42.0 Å². The van der Waals surface area contributed by atoms with Crippen molar-refractivity contribution in [2.24, 2.45) is 0 Å². The van der Waals surface area contributed by atoms with Gasteiger partial charge >= 0.3 is 0 Å². The highest BCUT2D eigenvalue weighted by molar-refractivity contribution is 9.11. The molecule has 0 saturated carbocycles. The lowest BCUT2D eigenvalue weighted by atomic mass is 10.1. The van der Waals surface area contributed by atoms with Gasteiger partial charge in [0.2, 0.25) is 0 Å². The summed E-state index contributed by atoms with van der Waals surface area (Å²) < 4.78 is 0.870. The molecule has 0 bridgehead atoms. The van der Waals surface area contributed by atoms with Gasteiger partial charge < -0.3 is 0 Å². The number of benzene rings is 1. The summed E-state index contributed by atoms with van der Waals surface area (Å²) in [7, 11) is 0.